The van der Waals surface area contributed by atoms with Gasteiger partial charge in [0.05, 0.1) is 22.2 Å². The molecule has 3 rings (SSSR count). The fraction of sp³-hybridized carbons (Fsp3) is 0.444. The molecule has 2 atom stereocenters. The van der Waals surface area contributed by atoms with Crippen molar-refractivity contribution in [2.75, 3.05) is 5.32 Å². The first-order valence-corrected chi connectivity index (χ1v) is 18.8. The molecule has 0 saturated heterocycles. The fourth-order valence-electron chi connectivity index (χ4n) is 5.03. The van der Waals surface area contributed by atoms with Crippen LogP contribution in [0.3, 0.4) is 0 Å². The largest absolute Gasteiger partial charge is 0.378 e. The number of benzene rings is 2. The van der Waals surface area contributed by atoms with Crippen molar-refractivity contribution >= 4 is 33.7 Å². The predicted octanol–water partition coefficient (Wildman–Crippen LogP) is 7.88. The van der Waals surface area contributed by atoms with Gasteiger partial charge in [-0.05, 0) is 48.2 Å². The summed E-state index contributed by atoms with van der Waals surface area (Å²) >= 11 is 0. The van der Waals surface area contributed by atoms with Crippen LogP contribution in [-0.2, 0) is 4.79 Å². The number of hydrogen-bond donors (Lipinski definition) is 1. The minimum Gasteiger partial charge on any atom is -0.378 e. The number of carbonyl (C=O) groups is 1. The Labute approximate surface area is 195 Å². The van der Waals surface area contributed by atoms with Gasteiger partial charge in [0.25, 0.3) is 0 Å². The Balaban J connectivity index is 1.93. The SMILES string of the molecule is C[Si](C)(C)C(=Cc1ccc([C@@H](Nc2ccc(F)cc2)[C@H]2CCCCC2=O)cc1)[Si](C)(C)C. The van der Waals surface area contributed by atoms with E-state index in [1.807, 2.05) is 0 Å². The molecular formula is C27H38FNOSi2. The van der Waals surface area contributed by atoms with E-state index in [1.165, 1.54) is 17.7 Å². The summed E-state index contributed by atoms with van der Waals surface area (Å²) < 4.78 is 13.4. The maximum absolute atomic E-state index is 13.4. The molecular weight excluding hydrogens is 429 g/mol. The van der Waals surface area contributed by atoms with E-state index in [1.54, 1.807) is 17.0 Å². The van der Waals surface area contributed by atoms with Gasteiger partial charge in [-0.2, -0.15) is 0 Å². The first-order valence-electron chi connectivity index (χ1n) is 11.8. The number of Topliss-reactive ketones (excluding diaryl/α,β-unsaturated/α-hetero) is 1. The summed E-state index contributed by atoms with van der Waals surface area (Å²) in [5, 5.41) is 3.54. The van der Waals surface area contributed by atoms with Crippen LogP contribution in [0.4, 0.5) is 10.1 Å². The lowest BCUT2D eigenvalue weighted by Crippen LogP contribution is -2.39. The Hall–Kier alpha value is -1.99. The third-order valence-electron chi connectivity index (χ3n) is 6.39. The zero-order valence-corrected chi connectivity index (χ0v) is 22.5. The summed E-state index contributed by atoms with van der Waals surface area (Å²) in [4.78, 5) is 14.5. The monoisotopic (exact) mass is 467 g/mol. The molecule has 0 radical (unpaired) electrons. The highest BCUT2D eigenvalue weighted by Crippen LogP contribution is 2.35. The highest BCUT2D eigenvalue weighted by atomic mass is 28.4. The minimum atomic E-state index is -1.40. The molecule has 2 aromatic rings. The lowest BCUT2D eigenvalue weighted by Gasteiger charge is -2.32. The second-order valence-electron chi connectivity index (χ2n) is 11.2. The number of hydrogen-bond acceptors (Lipinski definition) is 2. The third kappa shape index (κ3) is 6.29. The van der Waals surface area contributed by atoms with E-state index in [9.17, 15) is 9.18 Å². The molecule has 0 unspecified atom stereocenters. The molecule has 172 valence electrons. The highest BCUT2D eigenvalue weighted by Gasteiger charge is 2.32. The maximum Gasteiger partial charge on any atom is 0.138 e. The highest BCUT2D eigenvalue weighted by molar-refractivity contribution is 7.05. The molecule has 5 heteroatoms. The second kappa shape index (κ2) is 9.88. The molecule has 1 fully saturated rings. The van der Waals surface area contributed by atoms with Crippen LogP contribution in [0.15, 0.2) is 53.4 Å². The Kier molecular flexibility index (Phi) is 7.61. The molecule has 0 aromatic heterocycles. The Bertz CT molecular complexity index is 937. The van der Waals surface area contributed by atoms with Crippen molar-refractivity contribution in [3.05, 3.63) is 70.3 Å². The first-order chi connectivity index (χ1) is 14.9. The van der Waals surface area contributed by atoms with Crippen LogP contribution in [0.5, 0.6) is 0 Å². The van der Waals surface area contributed by atoms with Crippen molar-refractivity contribution in [2.45, 2.75) is 71.0 Å². The summed E-state index contributed by atoms with van der Waals surface area (Å²) in [6.07, 6.45) is 6.04. The third-order valence-corrected chi connectivity index (χ3v) is 14.4. The average molecular weight is 468 g/mol. The van der Waals surface area contributed by atoms with Crippen molar-refractivity contribution in [2.24, 2.45) is 5.92 Å². The van der Waals surface area contributed by atoms with Gasteiger partial charge in [-0.25, -0.2) is 4.39 Å². The fourth-order valence-corrected chi connectivity index (χ4v) is 15.2. The van der Waals surface area contributed by atoms with Crippen LogP contribution in [-0.4, -0.2) is 21.9 Å². The van der Waals surface area contributed by atoms with Crippen molar-refractivity contribution in [1.29, 1.82) is 0 Å². The van der Waals surface area contributed by atoms with Crippen LogP contribution in [0.1, 0.15) is 42.9 Å². The molecule has 2 aromatic carbocycles. The zero-order chi connectivity index (χ0) is 23.5. The number of ketones is 1. The summed E-state index contributed by atoms with van der Waals surface area (Å²) in [7, 11) is -2.79. The molecule has 1 N–H and O–H groups in total. The van der Waals surface area contributed by atoms with Crippen molar-refractivity contribution < 1.29 is 9.18 Å². The molecule has 1 aliphatic carbocycles. The van der Waals surface area contributed by atoms with Gasteiger partial charge >= 0.3 is 0 Å². The van der Waals surface area contributed by atoms with Gasteiger partial charge in [0.2, 0.25) is 0 Å². The predicted molar refractivity (Wildman–Crippen MR) is 141 cm³/mol. The minimum absolute atomic E-state index is 0.0466. The maximum atomic E-state index is 13.4. The van der Waals surface area contributed by atoms with E-state index in [4.69, 9.17) is 0 Å². The summed E-state index contributed by atoms with van der Waals surface area (Å²) in [6.45, 7) is 14.6. The molecule has 0 spiro atoms. The summed E-state index contributed by atoms with van der Waals surface area (Å²) in [5.74, 6) is 0.0342. The smallest absolute Gasteiger partial charge is 0.138 e. The lowest BCUT2D eigenvalue weighted by molar-refractivity contribution is -0.125. The van der Waals surface area contributed by atoms with Gasteiger partial charge in [0.1, 0.15) is 11.6 Å². The van der Waals surface area contributed by atoms with Gasteiger partial charge in [-0.1, -0.05) is 80.9 Å². The average Bonchev–Trinajstić information content (AvgIpc) is 2.71. The van der Waals surface area contributed by atoms with Gasteiger partial charge in [-0.15, -0.1) is 0 Å². The summed E-state index contributed by atoms with van der Waals surface area (Å²) in [5.41, 5.74) is 3.21. The van der Waals surface area contributed by atoms with E-state index in [-0.39, 0.29) is 17.8 Å². The van der Waals surface area contributed by atoms with Crippen LogP contribution in [0.2, 0.25) is 39.3 Å². The number of rotatable bonds is 7. The Morgan fingerprint density at radius 3 is 2.06 bits per heavy atom. The van der Waals surface area contributed by atoms with Crippen LogP contribution in [0, 0.1) is 11.7 Å². The van der Waals surface area contributed by atoms with Crippen LogP contribution in [0.25, 0.3) is 6.08 Å². The van der Waals surface area contributed by atoms with E-state index < -0.39 is 16.1 Å². The van der Waals surface area contributed by atoms with Crippen molar-refractivity contribution in [3.63, 3.8) is 0 Å². The molecule has 1 saturated carbocycles. The van der Waals surface area contributed by atoms with E-state index in [0.717, 1.165) is 30.5 Å². The lowest BCUT2D eigenvalue weighted by atomic mass is 9.80. The Morgan fingerprint density at radius 2 is 1.53 bits per heavy atom. The van der Waals surface area contributed by atoms with Crippen molar-refractivity contribution in [1.82, 2.24) is 0 Å². The number of anilines is 1. The molecule has 0 bridgehead atoms. The first kappa shape index (κ1) is 24.7. The standard InChI is InChI=1S/C27H38FNOSi2/c1-31(2,3)26(32(4,5)6)19-20-11-13-21(14-12-20)27(24-9-7-8-10-25(24)30)29-23-17-15-22(28)16-18-23/h11-19,24,27,29H,7-10H2,1-6H3/t24-,27+/m0/s1. The second-order valence-corrected chi connectivity index (χ2v) is 21.7. The van der Waals surface area contributed by atoms with Gasteiger partial charge in [-0.3, -0.25) is 4.79 Å². The zero-order valence-electron chi connectivity index (χ0n) is 20.5. The molecule has 0 heterocycles. The molecule has 1 aliphatic rings. The van der Waals surface area contributed by atoms with Gasteiger partial charge in [0.15, 0.2) is 0 Å². The topological polar surface area (TPSA) is 29.1 Å². The molecule has 0 amide bonds. The number of carbonyl (C=O) groups excluding carboxylic acids is 1. The number of halogens is 1. The van der Waals surface area contributed by atoms with E-state index >= 15 is 0 Å². The van der Waals surface area contributed by atoms with Gasteiger partial charge in [0, 0.05) is 18.0 Å². The van der Waals surface area contributed by atoms with Crippen molar-refractivity contribution in [3.8, 4) is 0 Å². The molecule has 0 aliphatic heterocycles. The molecule has 32 heavy (non-hydrogen) atoms. The Morgan fingerprint density at radius 1 is 0.938 bits per heavy atom. The summed E-state index contributed by atoms with van der Waals surface area (Å²) in [6, 6.07) is 15.1. The van der Waals surface area contributed by atoms with Crippen LogP contribution < -0.4 is 5.32 Å². The van der Waals surface area contributed by atoms with Crippen LogP contribution >= 0.6 is 0 Å². The van der Waals surface area contributed by atoms with E-state index in [0.29, 0.717) is 12.2 Å². The molecule has 2 nitrogen and oxygen atoms in total. The normalized spacial score (nSPS) is 18.2. The van der Waals surface area contributed by atoms with Gasteiger partial charge < -0.3 is 5.32 Å². The number of nitrogens with one attached hydrogen (secondary N) is 1. The van der Waals surface area contributed by atoms with E-state index in [2.05, 4.69) is 74.9 Å². The quantitative estimate of drug-likeness (QED) is 0.420.